The molecule has 0 aromatic heterocycles. The molecule has 0 bridgehead atoms. The average molecular weight is 346 g/mol. The zero-order valence-electron chi connectivity index (χ0n) is 15.4. The lowest BCUT2D eigenvalue weighted by molar-refractivity contribution is -0.124. The fourth-order valence-electron chi connectivity index (χ4n) is 4.02. The van der Waals surface area contributed by atoms with E-state index >= 15 is 0 Å². The van der Waals surface area contributed by atoms with Crippen molar-refractivity contribution in [3.8, 4) is 0 Å². The Morgan fingerprint density at radius 1 is 1.36 bits per heavy atom. The number of methoxy groups -OCH3 is 1. The summed E-state index contributed by atoms with van der Waals surface area (Å²) < 4.78 is 10.9. The molecule has 0 unspecified atom stereocenters. The Morgan fingerprint density at radius 2 is 2.16 bits per heavy atom. The fourth-order valence-corrected chi connectivity index (χ4v) is 4.02. The first-order valence-corrected chi connectivity index (χ1v) is 9.31. The van der Waals surface area contributed by atoms with Gasteiger partial charge in [0.15, 0.2) is 0 Å². The van der Waals surface area contributed by atoms with Crippen LogP contribution in [0.15, 0.2) is 24.3 Å². The quantitative estimate of drug-likeness (QED) is 0.767. The Labute approximate surface area is 150 Å². The van der Waals surface area contributed by atoms with Gasteiger partial charge in [-0.3, -0.25) is 9.69 Å². The molecule has 138 valence electrons. The number of piperidine rings is 1. The molecule has 1 aromatic rings. The van der Waals surface area contributed by atoms with Gasteiger partial charge in [-0.25, -0.2) is 0 Å². The average Bonchev–Trinajstić information content (AvgIpc) is 2.99. The van der Waals surface area contributed by atoms with Crippen LogP contribution in [0.25, 0.3) is 0 Å². The van der Waals surface area contributed by atoms with Crippen molar-refractivity contribution in [2.24, 2.45) is 11.8 Å². The van der Waals surface area contributed by atoms with Crippen molar-refractivity contribution in [1.82, 2.24) is 10.2 Å². The van der Waals surface area contributed by atoms with Crippen molar-refractivity contribution in [3.05, 3.63) is 35.4 Å². The summed E-state index contributed by atoms with van der Waals surface area (Å²) in [5.74, 6) is 1.14. The lowest BCUT2D eigenvalue weighted by Gasteiger charge is -2.35. The van der Waals surface area contributed by atoms with Crippen molar-refractivity contribution < 1.29 is 14.3 Å². The summed E-state index contributed by atoms with van der Waals surface area (Å²) in [5, 5.41) is 2.90. The molecule has 3 atom stereocenters. The number of nitrogens with one attached hydrogen (secondary N) is 1. The SMILES string of the molecule is COCCNC(=O)C[C@@H]1OC[C@H]2CN(Cc3ccc(C)cc3)CC[C@H]21. The van der Waals surface area contributed by atoms with Crippen LogP contribution in [0.5, 0.6) is 0 Å². The highest BCUT2D eigenvalue weighted by atomic mass is 16.5. The number of hydrogen-bond acceptors (Lipinski definition) is 4. The molecule has 5 heteroatoms. The van der Waals surface area contributed by atoms with Crippen LogP contribution in [0.2, 0.25) is 0 Å². The number of likely N-dealkylation sites (tertiary alicyclic amines) is 1. The molecule has 2 fully saturated rings. The molecule has 1 amide bonds. The predicted molar refractivity (Wildman–Crippen MR) is 97.3 cm³/mol. The van der Waals surface area contributed by atoms with Crippen LogP contribution < -0.4 is 5.32 Å². The maximum absolute atomic E-state index is 12.0. The van der Waals surface area contributed by atoms with Gasteiger partial charge in [-0.1, -0.05) is 29.8 Å². The standard InChI is InChI=1S/C20H30N2O3/c1-15-3-5-16(6-4-15)12-22-9-7-18-17(13-22)14-25-19(18)11-20(23)21-8-10-24-2/h3-6,17-19H,7-14H2,1-2H3,(H,21,23)/t17-,18-,19+/m1/s1. The number of fused-ring (bicyclic) bond motifs is 1. The Morgan fingerprint density at radius 3 is 2.92 bits per heavy atom. The van der Waals surface area contributed by atoms with E-state index < -0.39 is 0 Å². The minimum atomic E-state index is 0.0739. The molecular weight excluding hydrogens is 316 g/mol. The van der Waals surface area contributed by atoms with Gasteiger partial charge in [0.05, 0.1) is 25.7 Å². The number of amides is 1. The maximum Gasteiger partial charge on any atom is 0.222 e. The van der Waals surface area contributed by atoms with Crippen LogP contribution in [0.4, 0.5) is 0 Å². The second kappa shape index (κ2) is 8.79. The van der Waals surface area contributed by atoms with Gasteiger partial charge in [0.25, 0.3) is 0 Å². The molecule has 2 saturated heterocycles. The largest absolute Gasteiger partial charge is 0.383 e. The first kappa shape index (κ1) is 18.4. The van der Waals surface area contributed by atoms with Crippen molar-refractivity contribution in [1.29, 1.82) is 0 Å². The third-order valence-electron chi connectivity index (χ3n) is 5.42. The zero-order chi connectivity index (χ0) is 17.6. The molecule has 2 heterocycles. The number of rotatable bonds is 7. The number of carbonyl (C=O) groups is 1. The second-order valence-electron chi connectivity index (χ2n) is 7.35. The summed E-state index contributed by atoms with van der Waals surface area (Å²) in [5.41, 5.74) is 2.68. The van der Waals surface area contributed by atoms with E-state index in [1.807, 2.05) is 0 Å². The highest BCUT2D eigenvalue weighted by molar-refractivity contribution is 5.76. The van der Waals surface area contributed by atoms with Crippen molar-refractivity contribution in [2.75, 3.05) is 40.0 Å². The first-order valence-electron chi connectivity index (χ1n) is 9.31. The van der Waals surface area contributed by atoms with Gasteiger partial charge in [-0.2, -0.15) is 0 Å². The van der Waals surface area contributed by atoms with Crippen molar-refractivity contribution in [3.63, 3.8) is 0 Å². The Bertz CT molecular complexity index is 561. The third kappa shape index (κ3) is 5.03. The Hall–Kier alpha value is -1.43. The number of carbonyl (C=O) groups excluding carboxylic acids is 1. The molecule has 0 radical (unpaired) electrons. The normalized spacial score (nSPS) is 26.4. The molecule has 0 spiro atoms. The van der Waals surface area contributed by atoms with E-state index in [9.17, 15) is 4.79 Å². The predicted octanol–water partition coefficient (Wildman–Crippen LogP) is 1.98. The molecule has 1 N–H and O–H groups in total. The molecule has 5 nitrogen and oxygen atoms in total. The summed E-state index contributed by atoms with van der Waals surface area (Å²) >= 11 is 0. The Kier molecular flexibility index (Phi) is 6.45. The minimum absolute atomic E-state index is 0.0739. The number of hydrogen-bond donors (Lipinski definition) is 1. The Balaban J connectivity index is 1.46. The van der Waals surface area contributed by atoms with Gasteiger partial charge in [-0.15, -0.1) is 0 Å². The van der Waals surface area contributed by atoms with Crippen LogP contribution in [0.3, 0.4) is 0 Å². The second-order valence-corrected chi connectivity index (χ2v) is 7.35. The molecule has 2 aliphatic heterocycles. The number of nitrogens with zero attached hydrogens (tertiary/aromatic N) is 1. The lowest BCUT2D eigenvalue weighted by Crippen LogP contribution is -2.42. The van der Waals surface area contributed by atoms with E-state index in [1.54, 1.807) is 7.11 Å². The summed E-state index contributed by atoms with van der Waals surface area (Å²) in [6.07, 6.45) is 1.67. The van der Waals surface area contributed by atoms with Gasteiger partial charge in [0.1, 0.15) is 0 Å². The summed E-state index contributed by atoms with van der Waals surface area (Å²) in [6.45, 7) is 7.19. The zero-order valence-corrected chi connectivity index (χ0v) is 15.4. The first-order chi connectivity index (χ1) is 12.2. The van der Waals surface area contributed by atoms with Crippen LogP contribution in [-0.4, -0.2) is 56.9 Å². The van der Waals surface area contributed by atoms with E-state index in [-0.39, 0.29) is 12.0 Å². The molecular formula is C20H30N2O3. The summed E-state index contributed by atoms with van der Waals surface area (Å²) in [7, 11) is 1.64. The molecule has 3 rings (SSSR count). The van der Waals surface area contributed by atoms with Crippen molar-refractivity contribution in [2.45, 2.75) is 32.4 Å². The van der Waals surface area contributed by atoms with Crippen LogP contribution in [0, 0.1) is 18.8 Å². The van der Waals surface area contributed by atoms with Crippen molar-refractivity contribution >= 4 is 5.91 Å². The van der Waals surface area contributed by atoms with Gasteiger partial charge in [0.2, 0.25) is 5.91 Å². The smallest absolute Gasteiger partial charge is 0.222 e. The van der Waals surface area contributed by atoms with E-state index in [2.05, 4.69) is 41.4 Å². The number of ether oxygens (including phenoxy) is 2. The third-order valence-corrected chi connectivity index (χ3v) is 5.42. The highest BCUT2D eigenvalue weighted by Gasteiger charge is 2.41. The van der Waals surface area contributed by atoms with Crippen LogP contribution >= 0.6 is 0 Å². The molecule has 0 aliphatic carbocycles. The molecule has 0 saturated carbocycles. The highest BCUT2D eigenvalue weighted by Crippen LogP contribution is 2.36. The van der Waals surface area contributed by atoms with Gasteiger partial charge in [-0.05, 0) is 31.4 Å². The van der Waals surface area contributed by atoms with Crippen LogP contribution in [0.1, 0.15) is 24.0 Å². The summed E-state index contributed by atoms with van der Waals surface area (Å²) in [6, 6.07) is 8.80. The van der Waals surface area contributed by atoms with E-state index in [0.717, 1.165) is 32.7 Å². The monoisotopic (exact) mass is 346 g/mol. The number of aryl methyl sites for hydroxylation is 1. The van der Waals surface area contributed by atoms with Gasteiger partial charge in [0, 0.05) is 32.7 Å². The lowest BCUT2D eigenvalue weighted by atomic mass is 9.83. The van der Waals surface area contributed by atoms with E-state index in [4.69, 9.17) is 9.47 Å². The molecule has 1 aromatic carbocycles. The number of benzene rings is 1. The van der Waals surface area contributed by atoms with Gasteiger partial charge < -0.3 is 14.8 Å². The van der Waals surface area contributed by atoms with Crippen LogP contribution in [-0.2, 0) is 20.8 Å². The van der Waals surface area contributed by atoms with Gasteiger partial charge >= 0.3 is 0 Å². The van der Waals surface area contributed by atoms with E-state index in [1.165, 1.54) is 11.1 Å². The minimum Gasteiger partial charge on any atom is -0.383 e. The molecule has 2 aliphatic rings. The topological polar surface area (TPSA) is 50.8 Å². The van der Waals surface area contributed by atoms with E-state index in [0.29, 0.717) is 31.4 Å². The maximum atomic E-state index is 12.0. The summed E-state index contributed by atoms with van der Waals surface area (Å²) in [4.78, 5) is 14.5. The fraction of sp³-hybridized carbons (Fsp3) is 0.650. The molecule has 25 heavy (non-hydrogen) atoms.